The Labute approximate surface area is 120 Å². The van der Waals surface area contributed by atoms with Crippen molar-refractivity contribution in [2.75, 3.05) is 20.2 Å². The van der Waals surface area contributed by atoms with E-state index in [0.29, 0.717) is 25.9 Å². The topological polar surface area (TPSA) is 49.8 Å². The Bertz CT molecular complexity index is 478. The van der Waals surface area contributed by atoms with Gasteiger partial charge in [0.2, 0.25) is 5.91 Å². The van der Waals surface area contributed by atoms with Crippen molar-refractivity contribution in [3.63, 3.8) is 0 Å². The molecule has 4 heteroatoms. The molecule has 0 unspecified atom stereocenters. The highest BCUT2D eigenvalue weighted by atomic mass is 16.5. The van der Waals surface area contributed by atoms with E-state index in [1.54, 1.807) is 12.0 Å². The predicted molar refractivity (Wildman–Crippen MR) is 77.7 cm³/mol. The Hall–Kier alpha value is -1.55. The van der Waals surface area contributed by atoms with Crippen LogP contribution < -0.4 is 4.74 Å². The summed E-state index contributed by atoms with van der Waals surface area (Å²) in [6, 6.07) is 7.77. The molecule has 4 nitrogen and oxygen atoms in total. The second kappa shape index (κ2) is 5.83. The molecular weight excluding hydrogens is 254 g/mol. The SMILES string of the molecule is COc1cccc(CCC(=O)N2CC(O)(C(C)C)C2)c1. The summed E-state index contributed by atoms with van der Waals surface area (Å²) in [7, 11) is 1.64. The van der Waals surface area contributed by atoms with E-state index >= 15 is 0 Å². The van der Waals surface area contributed by atoms with Gasteiger partial charge in [-0.1, -0.05) is 26.0 Å². The molecule has 0 bridgehead atoms. The van der Waals surface area contributed by atoms with Crippen LogP contribution in [0, 0.1) is 5.92 Å². The zero-order valence-electron chi connectivity index (χ0n) is 12.4. The van der Waals surface area contributed by atoms with Gasteiger partial charge < -0.3 is 14.7 Å². The third kappa shape index (κ3) is 3.12. The summed E-state index contributed by atoms with van der Waals surface area (Å²) in [5.74, 6) is 1.11. The number of carbonyl (C=O) groups is 1. The van der Waals surface area contributed by atoms with Crippen molar-refractivity contribution in [2.45, 2.75) is 32.3 Å². The number of ether oxygens (including phenoxy) is 1. The summed E-state index contributed by atoms with van der Waals surface area (Å²) < 4.78 is 5.17. The van der Waals surface area contributed by atoms with Crippen molar-refractivity contribution >= 4 is 5.91 Å². The van der Waals surface area contributed by atoms with E-state index in [0.717, 1.165) is 11.3 Å². The lowest BCUT2D eigenvalue weighted by Crippen LogP contribution is -2.65. The predicted octanol–water partition coefficient (Wildman–Crippen LogP) is 1.86. The molecule has 1 aromatic rings. The Morgan fingerprint density at radius 2 is 2.15 bits per heavy atom. The molecule has 1 aromatic carbocycles. The summed E-state index contributed by atoms with van der Waals surface area (Å²) in [6.07, 6.45) is 1.17. The second-order valence-corrected chi connectivity index (χ2v) is 5.86. The summed E-state index contributed by atoms with van der Waals surface area (Å²) in [6.45, 7) is 4.89. The molecule has 0 spiro atoms. The number of nitrogens with zero attached hydrogens (tertiary/aromatic N) is 1. The zero-order valence-corrected chi connectivity index (χ0v) is 12.4. The highest BCUT2D eigenvalue weighted by Gasteiger charge is 2.45. The molecule has 0 radical (unpaired) electrons. The van der Waals surface area contributed by atoms with Crippen molar-refractivity contribution in [3.05, 3.63) is 29.8 Å². The van der Waals surface area contributed by atoms with Crippen LogP contribution in [-0.2, 0) is 11.2 Å². The maximum atomic E-state index is 12.0. The van der Waals surface area contributed by atoms with Gasteiger partial charge in [-0.15, -0.1) is 0 Å². The average molecular weight is 277 g/mol. The maximum absolute atomic E-state index is 12.0. The van der Waals surface area contributed by atoms with Crippen LogP contribution in [0.1, 0.15) is 25.8 Å². The lowest BCUT2D eigenvalue weighted by atomic mass is 9.83. The number of methoxy groups -OCH3 is 1. The minimum Gasteiger partial charge on any atom is -0.497 e. The molecule has 20 heavy (non-hydrogen) atoms. The van der Waals surface area contributed by atoms with E-state index in [-0.39, 0.29) is 11.8 Å². The second-order valence-electron chi connectivity index (χ2n) is 5.86. The lowest BCUT2D eigenvalue weighted by Gasteiger charge is -2.49. The molecule has 0 atom stereocenters. The number of β-amino-alcohol motifs (C(OH)–C–C–N with tert-alkyl or cyclic N) is 1. The largest absolute Gasteiger partial charge is 0.497 e. The highest BCUT2D eigenvalue weighted by Crippen LogP contribution is 2.29. The number of aryl methyl sites for hydroxylation is 1. The third-order valence-corrected chi connectivity index (χ3v) is 4.12. The van der Waals surface area contributed by atoms with Crippen LogP contribution in [0.25, 0.3) is 0 Å². The Kier molecular flexibility index (Phi) is 4.33. The molecule has 0 aliphatic carbocycles. The summed E-state index contributed by atoms with van der Waals surface area (Å²) in [4.78, 5) is 13.8. The first-order valence-corrected chi connectivity index (χ1v) is 7.08. The molecule has 110 valence electrons. The number of likely N-dealkylation sites (tertiary alicyclic amines) is 1. The standard InChI is InChI=1S/C16H23NO3/c1-12(2)16(19)10-17(11-16)15(18)8-7-13-5-4-6-14(9-13)20-3/h4-6,9,12,19H,7-8,10-11H2,1-3H3. The molecule has 1 fully saturated rings. The molecule has 2 rings (SSSR count). The smallest absolute Gasteiger partial charge is 0.223 e. The van der Waals surface area contributed by atoms with Crippen LogP contribution in [0.15, 0.2) is 24.3 Å². The van der Waals surface area contributed by atoms with Crippen molar-refractivity contribution in [3.8, 4) is 5.75 Å². The minimum atomic E-state index is -0.689. The number of hydrogen-bond acceptors (Lipinski definition) is 3. The first-order valence-electron chi connectivity index (χ1n) is 7.08. The van der Waals surface area contributed by atoms with Crippen molar-refractivity contribution < 1.29 is 14.6 Å². The maximum Gasteiger partial charge on any atom is 0.223 e. The van der Waals surface area contributed by atoms with E-state index in [2.05, 4.69) is 0 Å². The van der Waals surface area contributed by atoms with Crippen molar-refractivity contribution in [1.82, 2.24) is 4.90 Å². The molecule has 1 aliphatic heterocycles. The Morgan fingerprint density at radius 1 is 1.45 bits per heavy atom. The van der Waals surface area contributed by atoms with E-state index in [1.807, 2.05) is 38.1 Å². The molecule has 1 saturated heterocycles. The first-order chi connectivity index (χ1) is 9.44. The van der Waals surface area contributed by atoms with Crippen LogP contribution in [-0.4, -0.2) is 41.7 Å². The quantitative estimate of drug-likeness (QED) is 0.893. The summed E-state index contributed by atoms with van der Waals surface area (Å²) in [5.41, 5.74) is 0.406. The first kappa shape index (κ1) is 14.9. The third-order valence-electron chi connectivity index (χ3n) is 4.12. The molecule has 1 N–H and O–H groups in total. The fourth-order valence-corrected chi connectivity index (χ4v) is 2.39. The van der Waals surface area contributed by atoms with Crippen molar-refractivity contribution in [1.29, 1.82) is 0 Å². The number of rotatable bonds is 5. The van der Waals surface area contributed by atoms with Crippen LogP contribution >= 0.6 is 0 Å². The normalized spacial score (nSPS) is 16.9. The van der Waals surface area contributed by atoms with Gasteiger partial charge in [0, 0.05) is 6.42 Å². The lowest BCUT2D eigenvalue weighted by molar-refractivity contribution is -0.163. The molecule has 0 aromatic heterocycles. The van der Waals surface area contributed by atoms with Crippen LogP contribution in [0.2, 0.25) is 0 Å². The van der Waals surface area contributed by atoms with Gasteiger partial charge in [0.25, 0.3) is 0 Å². The van der Waals surface area contributed by atoms with Crippen LogP contribution in [0.5, 0.6) is 5.75 Å². The minimum absolute atomic E-state index is 0.109. The van der Waals surface area contributed by atoms with Gasteiger partial charge in [-0.05, 0) is 30.0 Å². The van der Waals surface area contributed by atoms with E-state index in [4.69, 9.17) is 4.74 Å². The van der Waals surface area contributed by atoms with Crippen LogP contribution in [0.3, 0.4) is 0 Å². The van der Waals surface area contributed by atoms with Gasteiger partial charge in [0.05, 0.1) is 20.2 Å². The molecule has 1 amide bonds. The van der Waals surface area contributed by atoms with Gasteiger partial charge >= 0.3 is 0 Å². The van der Waals surface area contributed by atoms with Crippen molar-refractivity contribution in [2.24, 2.45) is 5.92 Å². The number of carbonyl (C=O) groups excluding carboxylic acids is 1. The average Bonchev–Trinajstić information content (AvgIpc) is 2.41. The summed E-state index contributed by atoms with van der Waals surface area (Å²) in [5, 5.41) is 10.1. The fraction of sp³-hybridized carbons (Fsp3) is 0.562. The van der Waals surface area contributed by atoms with Gasteiger partial charge in [0.15, 0.2) is 0 Å². The van der Waals surface area contributed by atoms with Gasteiger partial charge in [-0.3, -0.25) is 4.79 Å². The molecule has 1 aliphatic rings. The van der Waals surface area contributed by atoms with E-state index < -0.39 is 5.60 Å². The monoisotopic (exact) mass is 277 g/mol. The Morgan fingerprint density at radius 3 is 2.75 bits per heavy atom. The summed E-state index contributed by atoms with van der Waals surface area (Å²) >= 11 is 0. The molecule has 1 heterocycles. The highest BCUT2D eigenvalue weighted by molar-refractivity contribution is 5.77. The number of amides is 1. The molecular formula is C16H23NO3. The number of benzene rings is 1. The number of hydrogen-bond donors (Lipinski definition) is 1. The van der Waals surface area contributed by atoms with Gasteiger partial charge in [-0.25, -0.2) is 0 Å². The van der Waals surface area contributed by atoms with E-state index in [1.165, 1.54) is 0 Å². The van der Waals surface area contributed by atoms with E-state index in [9.17, 15) is 9.90 Å². The van der Waals surface area contributed by atoms with Gasteiger partial charge in [0.1, 0.15) is 11.4 Å². The molecule has 0 saturated carbocycles. The fourth-order valence-electron chi connectivity index (χ4n) is 2.39. The van der Waals surface area contributed by atoms with Crippen LogP contribution in [0.4, 0.5) is 0 Å². The Balaban J connectivity index is 1.82. The zero-order chi connectivity index (χ0) is 14.8. The number of aliphatic hydroxyl groups is 1. The van der Waals surface area contributed by atoms with Gasteiger partial charge in [-0.2, -0.15) is 0 Å².